The third kappa shape index (κ3) is 6.14. The van der Waals surface area contributed by atoms with Gasteiger partial charge in [-0.2, -0.15) is 13.2 Å². The summed E-state index contributed by atoms with van der Waals surface area (Å²) in [4.78, 5) is 38.5. The zero-order chi connectivity index (χ0) is 24.2. The second-order valence-electron chi connectivity index (χ2n) is 8.62. The number of esters is 1. The van der Waals surface area contributed by atoms with E-state index in [1.165, 1.54) is 6.42 Å². The van der Waals surface area contributed by atoms with Crippen LogP contribution in [0.5, 0.6) is 0 Å². The molecule has 0 spiro atoms. The van der Waals surface area contributed by atoms with Crippen LogP contribution in [0.4, 0.5) is 24.5 Å². The second-order valence-corrected chi connectivity index (χ2v) is 8.62. The number of amides is 1. The maximum atomic E-state index is 12.9. The van der Waals surface area contributed by atoms with Gasteiger partial charge in [0.25, 0.3) is 11.6 Å². The van der Waals surface area contributed by atoms with Crippen LogP contribution in [-0.4, -0.2) is 54.5 Å². The number of hydrogen-bond acceptors (Lipinski definition) is 6. The van der Waals surface area contributed by atoms with E-state index in [2.05, 4.69) is 0 Å². The van der Waals surface area contributed by atoms with Gasteiger partial charge < -0.3 is 14.5 Å². The highest BCUT2D eigenvalue weighted by Gasteiger charge is 2.35. The third-order valence-electron chi connectivity index (χ3n) is 6.52. The van der Waals surface area contributed by atoms with Gasteiger partial charge in [-0.3, -0.25) is 19.7 Å². The Morgan fingerprint density at radius 1 is 1.15 bits per heavy atom. The van der Waals surface area contributed by atoms with Gasteiger partial charge in [-0.05, 0) is 37.8 Å². The molecule has 1 aromatic rings. The van der Waals surface area contributed by atoms with E-state index < -0.39 is 34.2 Å². The minimum atomic E-state index is -4.68. The fourth-order valence-corrected chi connectivity index (χ4v) is 4.49. The number of piperidine rings is 1. The molecule has 3 rings (SSSR count). The van der Waals surface area contributed by atoms with E-state index >= 15 is 0 Å². The van der Waals surface area contributed by atoms with Gasteiger partial charge >= 0.3 is 12.1 Å². The van der Waals surface area contributed by atoms with Crippen LogP contribution in [0.1, 0.15) is 50.5 Å². The van der Waals surface area contributed by atoms with Crippen LogP contribution in [0.3, 0.4) is 0 Å². The first-order valence-corrected chi connectivity index (χ1v) is 11.1. The van der Waals surface area contributed by atoms with E-state index in [0.29, 0.717) is 18.9 Å². The molecule has 0 aromatic heterocycles. The number of carbonyl (C=O) groups is 2. The molecule has 1 aromatic carbocycles. The van der Waals surface area contributed by atoms with E-state index in [1.807, 2.05) is 0 Å². The number of hydrogen-bond donors (Lipinski definition) is 0. The number of carbonyl (C=O) groups excluding carboxylic acids is 2. The lowest BCUT2D eigenvalue weighted by Gasteiger charge is -2.33. The molecule has 1 aliphatic carbocycles. The number of nitrogens with zero attached hydrogens (tertiary/aromatic N) is 3. The van der Waals surface area contributed by atoms with E-state index in [1.54, 1.807) is 16.8 Å². The Kier molecular flexibility index (Phi) is 7.80. The van der Waals surface area contributed by atoms with Crippen molar-refractivity contribution in [2.24, 2.45) is 5.92 Å². The molecule has 33 heavy (non-hydrogen) atoms. The average Bonchev–Trinajstić information content (AvgIpc) is 2.81. The molecule has 0 unspecified atom stereocenters. The second kappa shape index (κ2) is 10.4. The fraction of sp³-hybridized carbons (Fsp3) is 0.636. The van der Waals surface area contributed by atoms with Crippen LogP contribution < -0.4 is 4.90 Å². The largest absolute Gasteiger partial charge is 0.455 e. The van der Waals surface area contributed by atoms with Crippen LogP contribution in [0.15, 0.2) is 18.2 Å². The molecular formula is C22H28F3N3O5. The van der Waals surface area contributed by atoms with Crippen molar-refractivity contribution in [2.75, 3.05) is 31.6 Å². The Bertz CT molecular complexity index is 879. The average molecular weight is 471 g/mol. The molecule has 1 saturated carbocycles. The molecule has 1 aliphatic heterocycles. The Morgan fingerprint density at radius 3 is 2.36 bits per heavy atom. The molecule has 182 valence electrons. The van der Waals surface area contributed by atoms with Gasteiger partial charge in [0.2, 0.25) is 0 Å². The Morgan fingerprint density at radius 2 is 1.79 bits per heavy atom. The summed E-state index contributed by atoms with van der Waals surface area (Å²) in [5.74, 6) is -1.21. The van der Waals surface area contributed by atoms with Gasteiger partial charge in [0.1, 0.15) is 5.69 Å². The van der Waals surface area contributed by atoms with E-state index in [0.717, 1.165) is 37.8 Å². The van der Waals surface area contributed by atoms with Crippen molar-refractivity contribution in [3.05, 3.63) is 33.9 Å². The first-order chi connectivity index (χ1) is 15.6. The number of nitro groups is 1. The molecular weight excluding hydrogens is 443 g/mol. The fourth-order valence-electron chi connectivity index (χ4n) is 4.49. The van der Waals surface area contributed by atoms with Crippen LogP contribution in [0.25, 0.3) is 0 Å². The van der Waals surface area contributed by atoms with Crippen LogP contribution in [0.2, 0.25) is 0 Å². The Balaban J connectivity index is 1.53. The highest BCUT2D eigenvalue weighted by atomic mass is 19.4. The lowest BCUT2D eigenvalue weighted by atomic mass is 9.94. The number of nitro benzene ring substituents is 1. The summed E-state index contributed by atoms with van der Waals surface area (Å²) in [6, 6.07) is 2.62. The molecule has 1 amide bonds. The first-order valence-electron chi connectivity index (χ1n) is 11.1. The summed E-state index contributed by atoms with van der Waals surface area (Å²) in [7, 11) is 1.72. The van der Waals surface area contributed by atoms with Crippen molar-refractivity contribution in [1.82, 2.24) is 4.90 Å². The van der Waals surface area contributed by atoms with E-state index in [9.17, 15) is 32.9 Å². The summed E-state index contributed by atoms with van der Waals surface area (Å²) < 4.78 is 44.0. The molecule has 2 fully saturated rings. The lowest BCUT2D eigenvalue weighted by molar-refractivity contribution is -0.384. The predicted molar refractivity (Wildman–Crippen MR) is 114 cm³/mol. The number of alkyl halides is 3. The zero-order valence-corrected chi connectivity index (χ0v) is 18.5. The molecule has 0 radical (unpaired) electrons. The van der Waals surface area contributed by atoms with Gasteiger partial charge in [0.15, 0.2) is 6.61 Å². The van der Waals surface area contributed by atoms with Gasteiger partial charge in [-0.15, -0.1) is 0 Å². The van der Waals surface area contributed by atoms with E-state index in [-0.39, 0.29) is 37.3 Å². The molecule has 1 heterocycles. The maximum absolute atomic E-state index is 12.9. The normalized spacial score (nSPS) is 18.1. The highest BCUT2D eigenvalue weighted by molar-refractivity contribution is 5.81. The molecule has 0 bridgehead atoms. The monoisotopic (exact) mass is 471 g/mol. The smallest absolute Gasteiger partial charge is 0.416 e. The zero-order valence-electron chi connectivity index (χ0n) is 18.5. The van der Waals surface area contributed by atoms with Crippen molar-refractivity contribution in [3.8, 4) is 0 Å². The summed E-state index contributed by atoms with van der Waals surface area (Å²) >= 11 is 0. The highest BCUT2D eigenvalue weighted by Crippen LogP contribution is 2.37. The lowest BCUT2D eigenvalue weighted by Crippen LogP contribution is -2.41. The number of ether oxygens (including phenoxy) is 1. The number of rotatable bonds is 6. The van der Waals surface area contributed by atoms with Crippen molar-refractivity contribution in [2.45, 2.75) is 57.2 Å². The molecule has 8 nitrogen and oxygen atoms in total. The Hall–Kier alpha value is -2.85. The van der Waals surface area contributed by atoms with Crippen molar-refractivity contribution >= 4 is 23.3 Å². The van der Waals surface area contributed by atoms with Crippen molar-refractivity contribution < 1.29 is 32.4 Å². The summed E-state index contributed by atoms with van der Waals surface area (Å²) in [6.45, 7) is 0.181. The Labute approximate surface area is 189 Å². The van der Waals surface area contributed by atoms with Crippen LogP contribution in [-0.2, 0) is 20.5 Å². The molecule has 0 atom stereocenters. The summed E-state index contributed by atoms with van der Waals surface area (Å²) in [5, 5.41) is 11.3. The van der Waals surface area contributed by atoms with E-state index in [4.69, 9.17) is 4.74 Å². The topological polar surface area (TPSA) is 93.0 Å². The van der Waals surface area contributed by atoms with Gasteiger partial charge in [-0.25, -0.2) is 0 Å². The molecule has 0 N–H and O–H groups in total. The number of anilines is 1. The summed E-state index contributed by atoms with van der Waals surface area (Å²) in [5.41, 5.74) is -1.62. The molecule has 1 saturated heterocycles. The van der Waals surface area contributed by atoms with Crippen molar-refractivity contribution in [3.63, 3.8) is 0 Å². The minimum Gasteiger partial charge on any atom is -0.455 e. The SMILES string of the molecule is CN(C(=O)COC(=O)C1CCN(c2ccc(C(F)(F)F)cc2[N+](=O)[O-])CC1)C1CCCCC1. The third-order valence-corrected chi connectivity index (χ3v) is 6.52. The first kappa shape index (κ1) is 24.8. The maximum Gasteiger partial charge on any atom is 0.416 e. The quantitative estimate of drug-likeness (QED) is 0.351. The van der Waals surface area contributed by atoms with Gasteiger partial charge in [0.05, 0.1) is 16.4 Å². The van der Waals surface area contributed by atoms with Crippen molar-refractivity contribution in [1.29, 1.82) is 0 Å². The predicted octanol–water partition coefficient (Wildman–Crippen LogP) is 4.16. The van der Waals surface area contributed by atoms with Crippen LogP contribution in [0, 0.1) is 16.0 Å². The standard InChI is InChI=1S/C22H28F3N3O5/c1-26(17-5-3-2-4-6-17)20(29)14-33-21(30)15-9-11-27(12-10-15)18-8-7-16(22(23,24)25)13-19(18)28(31)32/h7-8,13,15,17H,2-6,9-12,14H2,1H3. The molecule has 11 heteroatoms. The molecule has 2 aliphatic rings. The number of likely N-dealkylation sites (N-methyl/N-ethyl adjacent to an activating group) is 1. The number of benzene rings is 1. The van der Waals surface area contributed by atoms with Gasteiger partial charge in [0, 0.05) is 32.2 Å². The van der Waals surface area contributed by atoms with Gasteiger partial charge in [-0.1, -0.05) is 19.3 Å². The number of halogens is 3. The minimum absolute atomic E-state index is 0.0871. The van der Waals surface area contributed by atoms with Crippen LogP contribution >= 0.6 is 0 Å². The summed E-state index contributed by atoms with van der Waals surface area (Å²) in [6.07, 6.45) is 1.20.